The molecule has 0 radical (unpaired) electrons. The average Bonchev–Trinajstić information content (AvgIpc) is 2.96. The molecule has 0 spiro atoms. The summed E-state index contributed by atoms with van der Waals surface area (Å²) in [7, 11) is -3.28. The summed E-state index contributed by atoms with van der Waals surface area (Å²) in [6.45, 7) is 6.47. The van der Waals surface area contributed by atoms with Gasteiger partial charge in [-0.2, -0.15) is 4.31 Å². The number of thiophene rings is 1. The van der Waals surface area contributed by atoms with E-state index in [2.05, 4.69) is 19.2 Å². The second kappa shape index (κ2) is 5.99. The van der Waals surface area contributed by atoms with Crippen molar-refractivity contribution in [2.24, 2.45) is 11.8 Å². The van der Waals surface area contributed by atoms with Crippen molar-refractivity contribution in [3.05, 3.63) is 17.0 Å². The van der Waals surface area contributed by atoms with Crippen LogP contribution in [0, 0.1) is 11.8 Å². The minimum absolute atomic E-state index is 0.496. The minimum atomic E-state index is -3.28. The normalized spacial score (nSPS) is 24.0. The molecule has 1 aromatic heterocycles. The standard InChI is InChI=1S/C15H24N2O2S2/c1-11(2)13-5-6-17(9-13)21(18,19)15-7-12(10-20-15)8-16-14-3-4-14/h7,10-11,13-14,16H,3-6,8-9H2,1-2H3. The van der Waals surface area contributed by atoms with Crippen LogP contribution >= 0.6 is 11.3 Å². The lowest BCUT2D eigenvalue weighted by atomic mass is 9.96. The molecule has 1 aromatic rings. The fraction of sp³-hybridized carbons (Fsp3) is 0.733. The highest BCUT2D eigenvalue weighted by Gasteiger charge is 2.34. The van der Waals surface area contributed by atoms with Crippen LogP contribution in [0.1, 0.15) is 38.7 Å². The van der Waals surface area contributed by atoms with Crippen molar-refractivity contribution in [3.63, 3.8) is 0 Å². The van der Waals surface area contributed by atoms with Crippen molar-refractivity contribution < 1.29 is 8.42 Å². The summed E-state index contributed by atoms with van der Waals surface area (Å²) in [4.78, 5) is 0. The van der Waals surface area contributed by atoms with Crippen LogP contribution in [0.5, 0.6) is 0 Å². The smallest absolute Gasteiger partial charge is 0.252 e. The van der Waals surface area contributed by atoms with Crippen LogP contribution in [0.4, 0.5) is 0 Å². The lowest BCUT2D eigenvalue weighted by Crippen LogP contribution is -2.29. The molecular weight excluding hydrogens is 304 g/mol. The lowest BCUT2D eigenvalue weighted by Gasteiger charge is -2.17. The van der Waals surface area contributed by atoms with Crippen molar-refractivity contribution in [1.82, 2.24) is 9.62 Å². The molecule has 1 atom stereocenters. The molecule has 1 saturated carbocycles. The van der Waals surface area contributed by atoms with E-state index in [4.69, 9.17) is 0 Å². The van der Waals surface area contributed by atoms with E-state index in [9.17, 15) is 8.42 Å². The summed E-state index contributed by atoms with van der Waals surface area (Å²) in [5.74, 6) is 1.04. The van der Waals surface area contributed by atoms with Crippen molar-refractivity contribution in [3.8, 4) is 0 Å². The number of hydrogen-bond donors (Lipinski definition) is 1. The zero-order chi connectivity index (χ0) is 15.0. The van der Waals surface area contributed by atoms with Gasteiger partial charge in [-0.25, -0.2) is 8.42 Å². The van der Waals surface area contributed by atoms with Gasteiger partial charge in [0.05, 0.1) is 0 Å². The molecule has 1 N–H and O–H groups in total. The van der Waals surface area contributed by atoms with Crippen LogP contribution in [-0.2, 0) is 16.6 Å². The third-order valence-electron chi connectivity index (χ3n) is 4.53. The largest absolute Gasteiger partial charge is 0.310 e. The molecular formula is C15H24N2O2S2. The molecule has 0 amide bonds. The van der Waals surface area contributed by atoms with E-state index in [0.29, 0.717) is 35.2 Å². The molecule has 2 aliphatic rings. The lowest BCUT2D eigenvalue weighted by molar-refractivity contribution is 0.389. The third kappa shape index (κ3) is 3.50. The van der Waals surface area contributed by atoms with E-state index in [1.54, 1.807) is 4.31 Å². The number of sulfonamides is 1. The third-order valence-corrected chi connectivity index (χ3v) is 7.86. The van der Waals surface area contributed by atoms with Crippen LogP contribution in [-0.4, -0.2) is 31.9 Å². The van der Waals surface area contributed by atoms with Gasteiger partial charge in [0.15, 0.2) is 0 Å². The Morgan fingerprint density at radius 3 is 2.76 bits per heavy atom. The van der Waals surface area contributed by atoms with Crippen molar-refractivity contribution in [1.29, 1.82) is 0 Å². The summed E-state index contributed by atoms with van der Waals surface area (Å²) in [5, 5.41) is 5.40. The Kier molecular flexibility index (Phi) is 4.41. The van der Waals surface area contributed by atoms with Gasteiger partial charge in [0, 0.05) is 25.7 Å². The Bertz CT molecular complexity index is 591. The van der Waals surface area contributed by atoms with Crippen molar-refractivity contribution in [2.75, 3.05) is 13.1 Å². The highest BCUT2D eigenvalue weighted by Crippen LogP contribution is 2.31. The molecule has 3 rings (SSSR count). The Balaban J connectivity index is 1.66. The second-order valence-corrected chi connectivity index (χ2v) is 9.66. The van der Waals surface area contributed by atoms with Gasteiger partial charge in [-0.3, -0.25) is 0 Å². The predicted octanol–water partition coefficient (Wildman–Crippen LogP) is 2.67. The van der Waals surface area contributed by atoms with E-state index in [0.717, 1.165) is 18.5 Å². The van der Waals surface area contributed by atoms with Crippen molar-refractivity contribution >= 4 is 21.4 Å². The molecule has 4 nitrogen and oxygen atoms in total. The van der Waals surface area contributed by atoms with E-state index in [-0.39, 0.29) is 0 Å². The number of nitrogens with zero attached hydrogens (tertiary/aromatic N) is 1. The van der Waals surface area contributed by atoms with E-state index < -0.39 is 10.0 Å². The SMILES string of the molecule is CC(C)C1CCN(S(=O)(=O)c2cc(CNC3CC3)cs2)C1. The van der Waals surface area contributed by atoms with E-state index in [1.807, 2.05) is 11.4 Å². The van der Waals surface area contributed by atoms with Gasteiger partial charge in [-0.05, 0) is 48.1 Å². The quantitative estimate of drug-likeness (QED) is 0.873. The number of rotatable bonds is 6. The van der Waals surface area contributed by atoms with Crippen LogP contribution in [0.2, 0.25) is 0 Å². The van der Waals surface area contributed by atoms with E-state index in [1.165, 1.54) is 24.2 Å². The molecule has 1 aliphatic carbocycles. The second-order valence-electron chi connectivity index (χ2n) is 6.58. The van der Waals surface area contributed by atoms with Crippen LogP contribution < -0.4 is 5.32 Å². The predicted molar refractivity (Wildman–Crippen MR) is 85.9 cm³/mol. The highest BCUT2D eigenvalue weighted by molar-refractivity contribution is 7.91. The minimum Gasteiger partial charge on any atom is -0.310 e. The summed E-state index contributed by atoms with van der Waals surface area (Å²) >= 11 is 1.36. The fourth-order valence-corrected chi connectivity index (χ4v) is 5.65. The van der Waals surface area contributed by atoms with Gasteiger partial charge >= 0.3 is 0 Å². The molecule has 1 saturated heterocycles. The van der Waals surface area contributed by atoms with Gasteiger partial charge in [0.25, 0.3) is 10.0 Å². The molecule has 2 fully saturated rings. The molecule has 118 valence electrons. The first-order valence-electron chi connectivity index (χ1n) is 7.78. The number of hydrogen-bond acceptors (Lipinski definition) is 4. The Labute approximate surface area is 131 Å². The maximum atomic E-state index is 12.7. The molecule has 6 heteroatoms. The van der Waals surface area contributed by atoms with Crippen LogP contribution in [0.3, 0.4) is 0 Å². The van der Waals surface area contributed by atoms with Gasteiger partial charge in [0.2, 0.25) is 0 Å². The topological polar surface area (TPSA) is 49.4 Å². The summed E-state index contributed by atoms with van der Waals surface area (Å²) < 4.78 is 27.5. The zero-order valence-corrected chi connectivity index (χ0v) is 14.3. The summed E-state index contributed by atoms with van der Waals surface area (Å²) in [6.07, 6.45) is 3.48. The van der Waals surface area contributed by atoms with Gasteiger partial charge in [0.1, 0.15) is 4.21 Å². The molecule has 1 unspecified atom stereocenters. The summed E-state index contributed by atoms with van der Waals surface area (Å²) in [6, 6.07) is 2.49. The first-order chi connectivity index (χ1) is 9.96. The van der Waals surface area contributed by atoms with Crippen LogP contribution in [0.25, 0.3) is 0 Å². The van der Waals surface area contributed by atoms with E-state index >= 15 is 0 Å². The first-order valence-corrected chi connectivity index (χ1v) is 10.1. The monoisotopic (exact) mass is 328 g/mol. The maximum absolute atomic E-state index is 12.7. The molecule has 0 bridgehead atoms. The van der Waals surface area contributed by atoms with Gasteiger partial charge in [-0.15, -0.1) is 11.3 Å². The molecule has 21 heavy (non-hydrogen) atoms. The Morgan fingerprint density at radius 1 is 1.38 bits per heavy atom. The highest BCUT2D eigenvalue weighted by atomic mass is 32.2. The number of nitrogens with one attached hydrogen (secondary N) is 1. The molecule has 0 aromatic carbocycles. The summed E-state index contributed by atoms with van der Waals surface area (Å²) in [5.41, 5.74) is 1.09. The molecule has 2 heterocycles. The van der Waals surface area contributed by atoms with Crippen molar-refractivity contribution in [2.45, 2.75) is 49.9 Å². The fourth-order valence-electron chi connectivity index (χ4n) is 2.77. The first kappa shape index (κ1) is 15.5. The zero-order valence-electron chi connectivity index (χ0n) is 12.7. The molecule has 1 aliphatic heterocycles. The van der Waals surface area contributed by atoms with Gasteiger partial charge < -0.3 is 5.32 Å². The Hall–Kier alpha value is -0.430. The Morgan fingerprint density at radius 2 is 2.14 bits per heavy atom. The van der Waals surface area contributed by atoms with Gasteiger partial charge in [-0.1, -0.05) is 13.8 Å². The maximum Gasteiger partial charge on any atom is 0.252 e. The van der Waals surface area contributed by atoms with Crippen LogP contribution in [0.15, 0.2) is 15.7 Å². The average molecular weight is 329 g/mol.